The van der Waals surface area contributed by atoms with Crippen molar-refractivity contribution in [3.8, 4) is 0 Å². The van der Waals surface area contributed by atoms with Crippen LogP contribution in [-0.2, 0) is 4.84 Å². The summed E-state index contributed by atoms with van der Waals surface area (Å²) in [6, 6.07) is 8.04. The first kappa shape index (κ1) is 22.0. The number of rotatable bonds is 9. The minimum Gasteiger partial charge on any atom is -0.395 e. The highest BCUT2D eigenvalue weighted by Crippen LogP contribution is 2.31. The zero-order valence-electron chi connectivity index (χ0n) is 17.4. The minimum atomic E-state index is 0.464. The monoisotopic (exact) mass is 390 g/mol. The fourth-order valence-electron chi connectivity index (χ4n) is 3.75. The van der Waals surface area contributed by atoms with Gasteiger partial charge in [-0.2, -0.15) is 0 Å². The highest BCUT2D eigenvalue weighted by molar-refractivity contribution is 6.30. The Bertz CT molecular complexity index is 622. The average molecular weight is 391 g/mol. The summed E-state index contributed by atoms with van der Waals surface area (Å²) in [7, 11) is 4.19. The van der Waals surface area contributed by atoms with Crippen LogP contribution in [-0.4, -0.2) is 37.9 Å². The second kappa shape index (κ2) is 11.5. The molecule has 0 aliphatic heterocycles. The zero-order chi connectivity index (χ0) is 19.6. The fourth-order valence-corrected chi connectivity index (χ4v) is 3.87. The summed E-state index contributed by atoms with van der Waals surface area (Å²) in [5, 5.41) is 5.44. The van der Waals surface area contributed by atoms with Crippen LogP contribution in [0.4, 0.5) is 0 Å². The van der Waals surface area contributed by atoms with Crippen molar-refractivity contribution in [2.45, 2.75) is 52.4 Å². The molecule has 1 saturated carbocycles. The van der Waals surface area contributed by atoms with Crippen molar-refractivity contribution in [2.24, 2.45) is 17.0 Å². The molecule has 1 aromatic rings. The van der Waals surface area contributed by atoms with Crippen molar-refractivity contribution in [1.29, 1.82) is 0 Å². The van der Waals surface area contributed by atoms with Crippen LogP contribution in [0.3, 0.4) is 0 Å². The Morgan fingerprint density at radius 2 is 2.04 bits per heavy atom. The molecule has 0 heterocycles. The Morgan fingerprint density at radius 3 is 2.70 bits per heavy atom. The molecule has 3 nitrogen and oxygen atoms in total. The molecule has 0 radical (unpaired) electrons. The lowest BCUT2D eigenvalue weighted by Gasteiger charge is -2.26. The van der Waals surface area contributed by atoms with Crippen molar-refractivity contribution in [3.63, 3.8) is 0 Å². The van der Waals surface area contributed by atoms with Crippen LogP contribution in [0.2, 0.25) is 5.02 Å². The average Bonchev–Trinajstić information content (AvgIpc) is 2.62. The summed E-state index contributed by atoms with van der Waals surface area (Å²) in [5.41, 5.74) is 3.67. The lowest BCUT2D eigenvalue weighted by atomic mass is 9.80. The predicted molar refractivity (Wildman–Crippen MR) is 117 cm³/mol. The Kier molecular flexibility index (Phi) is 9.36. The molecular formula is C23H35ClN2O. The molecule has 2 rings (SSSR count). The molecule has 0 spiro atoms. The maximum absolute atomic E-state index is 6.03. The van der Waals surface area contributed by atoms with Crippen LogP contribution in [0.5, 0.6) is 0 Å². The van der Waals surface area contributed by atoms with Gasteiger partial charge >= 0.3 is 0 Å². The van der Waals surface area contributed by atoms with Gasteiger partial charge in [-0.15, -0.1) is 0 Å². The lowest BCUT2D eigenvalue weighted by molar-refractivity contribution is 0.100. The molecule has 1 aliphatic carbocycles. The summed E-state index contributed by atoms with van der Waals surface area (Å²) < 4.78 is 0. The highest BCUT2D eigenvalue weighted by Gasteiger charge is 2.25. The molecular weight excluding hydrogens is 356 g/mol. The van der Waals surface area contributed by atoms with Gasteiger partial charge in [-0.25, -0.2) is 0 Å². The topological polar surface area (TPSA) is 24.8 Å². The molecule has 27 heavy (non-hydrogen) atoms. The van der Waals surface area contributed by atoms with Crippen LogP contribution in [0.15, 0.2) is 35.0 Å². The van der Waals surface area contributed by atoms with E-state index in [9.17, 15) is 0 Å². The number of halogens is 1. The van der Waals surface area contributed by atoms with Gasteiger partial charge in [0, 0.05) is 23.4 Å². The van der Waals surface area contributed by atoms with E-state index in [1.807, 2.05) is 12.1 Å². The maximum Gasteiger partial charge on any atom is 0.120 e. The smallest absolute Gasteiger partial charge is 0.120 e. The van der Waals surface area contributed by atoms with E-state index in [-0.39, 0.29) is 0 Å². The van der Waals surface area contributed by atoms with Gasteiger partial charge in [0.2, 0.25) is 0 Å². The van der Waals surface area contributed by atoms with Gasteiger partial charge in [-0.1, -0.05) is 55.6 Å². The minimum absolute atomic E-state index is 0.464. The van der Waals surface area contributed by atoms with Crippen LogP contribution < -0.4 is 0 Å². The number of unbranched alkanes of at least 4 members (excludes halogenated alkanes) is 1. The fraction of sp³-hybridized carbons (Fsp3) is 0.609. The van der Waals surface area contributed by atoms with Gasteiger partial charge in [0.15, 0.2) is 0 Å². The van der Waals surface area contributed by atoms with Gasteiger partial charge in [0.05, 0.1) is 5.71 Å². The van der Waals surface area contributed by atoms with Gasteiger partial charge in [0.1, 0.15) is 6.61 Å². The molecule has 1 fully saturated rings. The standard InChI is InChI=1S/C23H35ClN2O/c1-5-6-8-20-9-7-10-21(15-19-11-13-22(24)14-12-19)23(20)25-27-17-18(2)16-26(3)4/h11-15,18,20H,5-10,16-17H2,1-4H3/t18?,20-/m0/s1. The molecule has 0 bridgehead atoms. The first-order valence-electron chi connectivity index (χ1n) is 10.3. The van der Waals surface area contributed by atoms with Crippen molar-refractivity contribution in [1.82, 2.24) is 4.90 Å². The van der Waals surface area contributed by atoms with E-state index in [0.29, 0.717) is 18.4 Å². The van der Waals surface area contributed by atoms with E-state index >= 15 is 0 Å². The first-order chi connectivity index (χ1) is 13.0. The number of hydrogen-bond acceptors (Lipinski definition) is 3. The summed E-state index contributed by atoms with van der Waals surface area (Å²) in [6.45, 7) is 6.14. The normalized spacial score (nSPS) is 21.8. The summed E-state index contributed by atoms with van der Waals surface area (Å²) in [6.07, 6.45) is 9.44. The van der Waals surface area contributed by atoms with Gasteiger partial charge in [-0.3, -0.25) is 0 Å². The van der Waals surface area contributed by atoms with Gasteiger partial charge < -0.3 is 9.74 Å². The molecule has 1 aliphatic rings. The number of benzene rings is 1. The summed E-state index contributed by atoms with van der Waals surface area (Å²) in [4.78, 5) is 8.02. The van der Waals surface area contributed by atoms with Gasteiger partial charge in [-0.05, 0) is 69.1 Å². The summed E-state index contributed by atoms with van der Waals surface area (Å²) >= 11 is 6.03. The number of nitrogens with zero attached hydrogens (tertiary/aromatic N) is 2. The third-order valence-electron chi connectivity index (χ3n) is 5.03. The molecule has 0 saturated heterocycles. The number of hydrogen-bond donors (Lipinski definition) is 0. The zero-order valence-corrected chi connectivity index (χ0v) is 18.1. The summed E-state index contributed by atoms with van der Waals surface area (Å²) in [5.74, 6) is 0.979. The van der Waals surface area contributed by atoms with Crippen LogP contribution >= 0.6 is 11.6 Å². The molecule has 0 amide bonds. The van der Waals surface area contributed by atoms with E-state index in [0.717, 1.165) is 18.0 Å². The second-order valence-electron chi connectivity index (χ2n) is 8.09. The van der Waals surface area contributed by atoms with Crippen molar-refractivity contribution >= 4 is 23.4 Å². The number of oxime groups is 1. The van der Waals surface area contributed by atoms with Crippen molar-refractivity contribution in [3.05, 3.63) is 40.4 Å². The Hall–Kier alpha value is -1.32. The van der Waals surface area contributed by atoms with E-state index < -0.39 is 0 Å². The maximum atomic E-state index is 6.03. The van der Waals surface area contributed by atoms with E-state index in [2.05, 4.69) is 56.2 Å². The third kappa shape index (κ3) is 7.67. The van der Waals surface area contributed by atoms with E-state index in [1.165, 1.54) is 49.0 Å². The van der Waals surface area contributed by atoms with Crippen LogP contribution in [0.1, 0.15) is 57.9 Å². The lowest BCUT2D eigenvalue weighted by Crippen LogP contribution is -2.24. The Balaban J connectivity index is 2.15. The molecule has 4 heteroatoms. The largest absolute Gasteiger partial charge is 0.395 e. The van der Waals surface area contributed by atoms with Crippen molar-refractivity contribution < 1.29 is 4.84 Å². The predicted octanol–water partition coefficient (Wildman–Crippen LogP) is 6.28. The Morgan fingerprint density at radius 1 is 1.30 bits per heavy atom. The van der Waals surface area contributed by atoms with Crippen LogP contribution in [0.25, 0.3) is 6.08 Å². The molecule has 150 valence electrons. The van der Waals surface area contributed by atoms with E-state index in [1.54, 1.807) is 0 Å². The highest BCUT2D eigenvalue weighted by atomic mass is 35.5. The third-order valence-corrected chi connectivity index (χ3v) is 5.28. The van der Waals surface area contributed by atoms with Crippen LogP contribution in [0, 0.1) is 11.8 Å². The van der Waals surface area contributed by atoms with Gasteiger partial charge in [0.25, 0.3) is 0 Å². The quantitative estimate of drug-likeness (QED) is 0.463. The first-order valence-corrected chi connectivity index (χ1v) is 10.7. The van der Waals surface area contributed by atoms with E-state index in [4.69, 9.17) is 16.4 Å². The second-order valence-corrected chi connectivity index (χ2v) is 8.53. The molecule has 2 atom stereocenters. The molecule has 0 aromatic heterocycles. The molecule has 1 aromatic carbocycles. The molecule has 0 N–H and O–H groups in total. The number of allylic oxidation sites excluding steroid dienone is 1. The Labute approximate surface area is 170 Å². The SMILES string of the molecule is CCCC[C@H]1CCCC(=Cc2ccc(Cl)cc2)C1=NOCC(C)CN(C)C. The van der Waals surface area contributed by atoms with Crippen molar-refractivity contribution in [2.75, 3.05) is 27.2 Å². The molecule has 1 unspecified atom stereocenters.